The van der Waals surface area contributed by atoms with E-state index in [1.54, 1.807) is 0 Å². The van der Waals surface area contributed by atoms with Crippen LogP contribution in [-0.2, 0) is 4.79 Å². The van der Waals surface area contributed by atoms with E-state index in [-0.39, 0.29) is 57.7 Å². The smallest absolute Gasteiger partial charge is 0.444 e. The quantitative estimate of drug-likeness (QED) is 0.141. The van der Waals surface area contributed by atoms with E-state index in [2.05, 4.69) is 0 Å². The molecule has 4 atom stereocenters. The number of aldehydes is 1. The summed E-state index contributed by atoms with van der Waals surface area (Å²) in [6.07, 6.45) is -6.84. The molecule has 9 nitrogen and oxygen atoms in total. The van der Waals surface area contributed by atoms with Gasteiger partial charge in [-0.2, -0.15) is 0 Å². The third-order valence-corrected chi connectivity index (χ3v) is 1.42. The first-order valence-corrected chi connectivity index (χ1v) is 3.69. The molecule has 0 saturated heterocycles. The average molecular weight is 265 g/mol. The third-order valence-electron chi connectivity index (χ3n) is 1.42. The summed E-state index contributed by atoms with van der Waals surface area (Å²) in [5.41, 5.74) is 0. The molecule has 16 heavy (non-hydrogen) atoms. The van der Waals surface area contributed by atoms with E-state index in [1.807, 2.05) is 0 Å². The van der Waals surface area contributed by atoms with Crippen molar-refractivity contribution < 1.29 is 81.7 Å². The Bertz CT molecular complexity index is 182. The van der Waals surface area contributed by atoms with Gasteiger partial charge in [0.15, 0.2) is 6.29 Å². The van der Waals surface area contributed by atoms with E-state index < -0.39 is 31.0 Å². The Morgan fingerprint density at radius 2 is 1.56 bits per heavy atom. The summed E-state index contributed by atoms with van der Waals surface area (Å²) < 4.78 is 0. The summed E-state index contributed by atoms with van der Waals surface area (Å²) in [5.74, 6) is 0. The topological polar surface area (TPSA) is 171 Å². The van der Waals surface area contributed by atoms with Crippen LogP contribution >= 0.6 is 0 Å². The van der Waals surface area contributed by atoms with Crippen LogP contribution in [0.15, 0.2) is 5.34 Å². The van der Waals surface area contributed by atoms with Crippen LogP contribution in [0.5, 0.6) is 0 Å². The van der Waals surface area contributed by atoms with E-state index in [0.717, 1.165) is 5.34 Å². The average Bonchev–Trinajstić information content (AvgIpc) is 2.25. The molecule has 0 heterocycles. The second-order valence-electron chi connectivity index (χ2n) is 2.43. The molecule has 0 aliphatic carbocycles. The number of aliphatic hydroxyl groups is 5. The number of carbonyl (C=O) groups excluding carboxylic acids is 1. The summed E-state index contributed by atoms with van der Waals surface area (Å²) in [6.45, 7) is -0.760. The minimum absolute atomic E-state index is 0. The second kappa shape index (κ2) is 13.6. The van der Waals surface area contributed by atoms with Crippen molar-refractivity contribution in [3.63, 3.8) is 0 Å². The van der Waals surface area contributed by atoms with Crippen LogP contribution in [0.3, 0.4) is 0 Å². The largest absolute Gasteiger partial charge is 1.00 e. The Labute approximate surface area is 133 Å². The van der Waals surface area contributed by atoms with E-state index in [4.69, 9.17) is 35.6 Å². The molecule has 0 bridgehead atoms. The zero-order valence-electron chi connectivity index (χ0n) is 8.50. The Morgan fingerprint density at radius 1 is 1.19 bits per heavy atom. The monoisotopic (exact) mass is 265 g/mol. The van der Waals surface area contributed by atoms with Crippen LogP contribution in [0.1, 0.15) is 0 Å². The van der Waals surface area contributed by atoms with Gasteiger partial charge in [-0.15, -0.1) is 5.34 Å². The van der Waals surface area contributed by atoms with E-state index in [9.17, 15) is 4.79 Å². The first-order chi connectivity index (χ1) is 6.95. The Hall–Kier alpha value is 0.506. The van der Waals surface area contributed by atoms with Gasteiger partial charge in [-0.3, -0.25) is 0 Å². The molecule has 0 rings (SSSR count). The van der Waals surface area contributed by atoms with Gasteiger partial charge in [0.1, 0.15) is 24.4 Å². The van der Waals surface area contributed by atoms with Crippen molar-refractivity contribution in [1.82, 2.24) is 0 Å². The van der Waals surface area contributed by atoms with Crippen molar-refractivity contribution in [2.45, 2.75) is 24.4 Å². The van der Waals surface area contributed by atoms with Gasteiger partial charge in [-0.1, -0.05) is 0 Å². The number of rotatable bonds is 5. The molecule has 0 aromatic heterocycles. The first kappa shape index (κ1) is 21.8. The standard InChI is InChI=1S/C6H12O6.K.HNO2/c7-1-3(9)5(11)6(12)4(10)2-8;;2-1-3/h1,3-6,8-12H,2H2;;(H,2,3)/q;+1;/p-1/t3-,4+,5+,6+;;/m0../s1. The Morgan fingerprint density at radius 3 is 1.81 bits per heavy atom. The molecule has 10 heteroatoms. The fourth-order valence-corrected chi connectivity index (χ4v) is 0.618. The maximum atomic E-state index is 9.90. The maximum absolute atomic E-state index is 9.90. The Balaban J connectivity index is -0.000000377. The van der Waals surface area contributed by atoms with Crippen LogP contribution in [0.25, 0.3) is 0 Å². The van der Waals surface area contributed by atoms with Crippen molar-refractivity contribution in [1.29, 1.82) is 0 Å². The molecule has 0 aliphatic heterocycles. The zero-order chi connectivity index (χ0) is 12.4. The van der Waals surface area contributed by atoms with E-state index >= 15 is 0 Å². The number of carbonyl (C=O) groups is 1. The predicted molar refractivity (Wildman–Crippen MR) is 46.3 cm³/mol. The normalized spacial score (nSPS) is 16.6. The molecule has 0 spiro atoms. The fraction of sp³-hybridized carbons (Fsp3) is 0.833. The van der Waals surface area contributed by atoms with Gasteiger partial charge in [0.25, 0.3) is 0 Å². The summed E-state index contributed by atoms with van der Waals surface area (Å²) >= 11 is 0. The predicted octanol–water partition coefficient (Wildman–Crippen LogP) is -6.12. The third kappa shape index (κ3) is 9.71. The van der Waals surface area contributed by atoms with Crippen LogP contribution in [-0.4, -0.2) is 62.8 Å². The molecule has 0 unspecified atom stereocenters. The van der Waals surface area contributed by atoms with Crippen molar-refractivity contribution in [2.75, 3.05) is 6.61 Å². The molecule has 0 aliphatic rings. The van der Waals surface area contributed by atoms with Crippen molar-refractivity contribution >= 4 is 6.29 Å². The number of nitrogens with zero attached hydrogens (tertiary/aromatic N) is 1. The van der Waals surface area contributed by atoms with E-state index in [0.29, 0.717) is 0 Å². The van der Waals surface area contributed by atoms with E-state index in [1.165, 1.54) is 0 Å². The van der Waals surface area contributed by atoms with Crippen LogP contribution in [0.2, 0.25) is 0 Å². The molecule has 0 aromatic carbocycles. The van der Waals surface area contributed by atoms with Gasteiger partial charge in [-0.05, 0) is 0 Å². The van der Waals surface area contributed by atoms with Crippen molar-refractivity contribution in [3.05, 3.63) is 10.1 Å². The molecular weight excluding hydrogens is 253 g/mol. The molecular formula is C6H12KNO8. The molecule has 90 valence electrons. The Kier molecular flexibility index (Phi) is 18.5. The van der Waals surface area contributed by atoms with Gasteiger partial charge >= 0.3 is 51.4 Å². The minimum atomic E-state index is -1.79. The van der Waals surface area contributed by atoms with Gasteiger partial charge in [0, 0.05) is 0 Å². The summed E-state index contributed by atoms with van der Waals surface area (Å²) in [5, 5.41) is 52.5. The van der Waals surface area contributed by atoms with Crippen LogP contribution in [0.4, 0.5) is 0 Å². The van der Waals surface area contributed by atoms with Crippen molar-refractivity contribution in [2.24, 2.45) is 5.34 Å². The number of hydrogen-bond acceptors (Lipinski definition) is 9. The molecule has 0 radical (unpaired) electrons. The van der Waals surface area contributed by atoms with Crippen LogP contribution in [0, 0.1) is 10.1 Å². The molecule has 0 amide bonds. The summed E-state index contributed by atoms with van der Waals surface area (Å²) in [4.78, 5) is 17.9. The number of hydrogen-bond donors (Lipinski definition) is 5. The summed E-state index contributed by atoms with van der Waals surface area (Å²) in [6, 6.07) is 0. The molecule has 5 N–H and O–H groups in total. The molecule has 0 saturated carbocycles. The summed E-state index contributed by atoms with van der Waals surface area (Å²) in [7, 11) is 0. The first-order valence-electron chi connectivity index (χ1n) is 3.69. The molecule has 0 fully saturated rings. The zero-order valence-corrected chi connectivity index (χ0v) is 11.6. The SMILES string of the molecule is O=C[C@H](O)[C@@H](O)[C@H](O)[C@H](O)CO.O=N[O-].[K+]. The second-order valence-corrected chi connectivity index (χ2v) is 2.43. The van der Waals surface area contributed by atoms with Gasteiger partial charge in [0.05, 0.1) is 6.61 Å². The van der Waals surface area contributed by atoms with Gasteiger partial charge in [-0.25, -0.2) is 0 Å². The number of aliphatic hydroxyl groups excluding tert-OH is 5. The molecule has 0 aromatic rings. The minimum Gasteiger partial charge on any atom is -0.444 e. The van der Waals surface area contributed by atoms with Crippen LogP contribution < -0.4 is 51.4 Å². The maximum Gasteiger partial charge on any atom is 1.00 e. The van der Waals surface area contributed by atoms with Gasteiger partial charge < -0.3 is 40.4 Å². The van der Waals surface area contributed by atoms with Gasteiger partial charge in [0.2, 0.25) is 0 Å². The fourth-order valence-electron chi connectivity index (χ4n) is 0.618. The van der Waals surface area contributed by atoms with Crippen molar-refractivity contribution in [3.8, 4) is 0 Å².